The second-order valence-electron chi connectivity index (χ2n) is 8.72. The van der Waals surface area contributed by atoms with E-state index in [0.717, 1.165) is 35.7 Å². The van der Waals surface area contributed by atoms with Gasteiger partial charge in [0.25, 0.3) is 5.91 Å². The summed E-state index contributed by atoms with van der Waals surface area (Å²) in [7, 11) is 0. The summed E-state index contributed by atoms with van der Waals surface area (Å²) in [5, 5.41) is 6.52. The number of carbonyl (C=O) groups excluding carboxylic acids is 3. The molecule has 1 saturated heterocycles. The molecule has 1 saturated carbocycles. The molecule has 31 heavy (non-hydrogen) atoms. The summed E-state index contributed by atoms with van der Waals surface area (Å²) in [5.74, 6) is -0.238. The third-order valence-electron chi connectivity index (χ3n) is 6.56. The van der Waals surface area contributed by atoms with E-state index in [2.05, 4.69) is 22.5 Å². The Balaban J connectivity index is 1.29. The lowest BCUT2D eigenvalue weighted by atomic mass is 9.86. The topological polar surface area (TPSA) is 94.3 Å². The van der Waals surface area contributed by atoms with Crippen LogP contribution in [0.15, 0.2) is 24.4 Å². The van der Waals surface area contributed by atoms with E-state index in [1.165, 1.54) is 23.5 Å². The van der Waals surface area contributed by atoms with Gasteiger partial charge in [-0.05, 0) is 55.4 Å². The minimum atomic E-state index is -0.678. The molecule has 0 radical (unpaired) electrons. The Morgan fingerprint density at radius 2 is 2.06 bits per heavy atom. The normalized spacial score (nSPS) is 23.9. The van der Waals surface area contributed by atoms with Crippen molar-refractivity contribution in [2.75, 3.05) is 6.54 Å². The van der Waals surface area contributed by atoms with E-state index in [-0.39, 0.29) is 43.1 Å². The van der Waals surface area contributed by atoms with E-state index >= 15 is 0 Å². The molecule has 166 valence electrons. The molecule has 1 aromatic carbocycles. The number of nitrogens with zero attached hydrogens (tertiary/aromatic N) is 1. The molecule has 4 rings (SSSR count). The Morgan fingerprint density at radius 3 is 2.87 bits per heavy atom. The number of benzene rings is 1. The number of imide groups is 1. The highest BCUT2D eigenvalue weighted by Crippen LogP contribution is 2.24. The SMILES string of the molecule is C[C@@H]1CCCC[C@@H]1NC(=O)CC[C@@H]1NC(=O)N(CCc2c[nH]c3ccc(F)cc23)C1=O. The van der Waals surface area contributed by atoms with Gasteiger partial charge in [0.15, 0.2) is 0 Å². The molecule has 3 atom stereocenters. The van der Waals surface area contributed by atoms with Crippen molar-refractivity contribution in [1.29, 1.82) is 0 Å². The molecule has 7 nitrogen and oxygen atoms in total. The number of fused-ring (bicyclic) bond motifs is 1. The van der Waals surface area contributed by atoms with Crippen LogP contribution >= 0.6 is 0 Å². The van der Waals surface area contributed by atoms with Crippen LogP contribution < -0.4 is 10.6 Å². The van der Waals surface area contributed by atoms with E-state index in [0.29, 0.717) is 12.3 Å². The molecule has 8 heteroatoms. The predicted octanol–water partition coefficient (Wildman–Crippen LogP) is 3.25. The lowest BCUT2D eigenvalue weighted by Gasteiger charge is -2.29. The third-order valence-corrected chi connectivity index (χ3v) is 6.56. The molecule has 2 aromatic rings. The van der Waals surface area contributed by atoms with Gasteiger partial charge in [-0.15, -0.1) is 0 Å². The average Bonchev–Trinajstić information content (AvgIpc) is 3.26. The van der Waals surface area contributed by atoms with Gasteiger partial charge in [-0.1, -0.05) is 19.8 Å². The number of halogens is 1. The van der Waals surface area contributed by atoms with E-state index in [1.54, 1.807) is 12.3 Å². The minimum Gasteiger partial charge on any atom is -0.361 e. The second kappa shape index (κ2) is 9.08. The number of hydrogen-bond acceptors (Lipinski definition) is 3. The number of amides is 4. The smallest absolute Gasteiger partial charge is 0.324 e. The first-order chi connectivity index (χ1) is 14.9. The van der Waals surface area contributed by atoms with Gasteiger partial charge in [-0.2, -0.15) is 0 Å². The number of aromatic amines is 1. The lowest BCUT2D eigenvalue weighted by molar-refractivity contribution is -0.127. The van der Waals surface area contributed by atoms with Crippen LogP contribution in [0.25, 0.3) is 10.9 Å². The predicted molar refractivity (Wildman–Crippen MR) is 115 cm³/mol. The van der Waals surface area contributed by atoms with Crippen molar-refractivity contribution in [2.24, 2.45) is 5.92 Å². The maximum atomic E-state index is 13.6. The number of H-pyrrole nitrogens is 1. The quantitative estimate of drug-likeness (QED) is 0.591. The van der Waals surface area contributed by atoms with Crippen LogP contribution in [0.5, 0.6) is 0 Å². The van der Waals surface area contributed by atoms with Crippen LogP contribution in [0.1, 0.15) is 51.0 Å². The largest absolute Gasteiger partial charge is 0.361 e. The Morgan fingerprint density at radius 1 is 1.26 bits per heavy atom. The molecule has 2 heterocycles. The Bertz CT molecular complexity index is 988. The summed E-state index contributed by atoms with van der Waals surface area (Å²) in [6.07, 6.45) is 7.15. The highest BCUT2D eigenvalue weighted by atomic mass is 19.1. The average molecular weight is 429 g/mol. The van der Waals surface area contributed by atoms with Gasteiger partial charge in [-0.3, -0.25) is 14.5 Å². The standard InChI is InChI=1S/C23H29FN4O3/c1-14-4-2-3-5-18(14)26-21(29)9-8-20-22(30)28(23(31)27-20)11-10-15-13-25-19-7-6-16(24)12-17(15)19/h6-7,12-14,18,20,25H,2-5,8-11H2,1H3,(H,26,29)(H,27,31)/t14-,18+,20+/m1/s1. The van der Waals surface area contributed by atoms with Crippen molar-refractivity contribution in [3.8, 4) is 0 Å². The fourth-order valence-corrected chi connectivity index (χ4v) is 4.66. The number of nitrogens with one attached hydrogen (secondary N) is 3. The van der Waals surface area contributed by atoms with Crippen LogP contribution in [0, 0.1) is 11.7 Å². The van der Waals surface area contributed by atoms with Crippen LogP contribution in [-0.4, -0.2) is 46.4 Å². The zero-order valence-corrected chi connectivity index (χ0v) is 17.7. The van der Waals surface area contributed by atoms with E-state index < -0.39 is 12.1 Å². The number of aromatic nitrogens is 1. The van der Waals surface area contributed by atoms with E-state index in [1.807, 2.05) is 0 Å². The molecule has 4 amide bonds. The summed E-state index contributed by atoms with van der Waals surface area (Å²) in [4.78, 5) is 41.6. The molecule has 0 unspecified atom stereocenters. The zero-order valence-electron chi connectivity index (χ0n) is 17.7. The van der Waals surface area contributed by atoms with Gasteiger partial charge < -0.3 is 15.6 Å². The molecule has 3 N–H and O–H groups in total. The Labute approximate surface area is 180 Å². The summed E-state index contributed by atoms with van der Waals surface area (Å²) < 4.78 is 13.6. The number of carbonyl (C=O) groups is 3. The van der Waals surface area contributed by atoms with Gasteiger partial charge in [0.2, 0.25) is 5.91 Å². The van der Waals surface area contributed by atoms with Crippen LogP contribution in [0.2, 0.25) is 0 Å². The maximum Gasteiger partial charge on any atom is 0.324 e. The molecule has 2 aliphatic rings. The fourth-order valence-electron chi connectivity index (χ4n) is 4.66. The van der Waals surface area contributed by atoms with Crippen molar-refractivity contribution in [1.82, 2.24) is 20.5 Å². The summed E-state index contributed by atoms with van der Waals surface area (Å²) in [6, 6.07) is 3.58. The molecular formula is C23H29FN4O3. The Hall–Kier alpha value is -2.90. The fraction of sp³-hybridized carbons (Fsp3) is 0.522. The van der Waals surface area contributed by atoms with Crippen molar-refractivity contribution in [3.63, 3.8) is 0 Å². The van der Waals surface area contributed by atoms with E-state index in [9.17, 15) is 18.8 Å². The van der Waals surface area contributed by atoms with E-state index in [4.69, 9.17) is 0 Å². The lowest BCUT2D eigenvalue weighted by Crippen LogP contribution is -2.41. The first-order valence-corrected chi connectivity index (χ1v) is 11.1. The zero-order chi connectivity index (χ0) is 22.0. The molecular weight excluding hydrogens is 399 g/mol. The monoisotopic (exact) mass is 428 g/mol. The second-order valence-corrected chi connectivity index (χ2v) is 8.72. The molecule has 0 spiro atoms. The van der Waals surface area contributed by atoms with Gasteiger partial charge in [0, 0.05) is 36.1 Å². The van der Waals surface area contributed by atoms with Gasteiger partial charge >= 0.3 is 6.03 Å². The summed E-state index contributed by atoms with van der Waals surface area (Å²) in [6.45, 7) is 2.36. The van der Waals surface area contributed by atoms with Crippen molar-refractivity contribution in [2.45, 2.75) is 64.0 Å². The minimum absolute atomic E-state index is 0.0694. The molecule has 0 bridgehead atoms. The first kappa shape index (κ1) is 21.3. The summed E-state index contributed by atoms with van der Waals surface area (Å²) >= 11 is 0. The van der Waals surface area contributed by atoms with Crippen LogP contribution in [-0.2, 0) is 16.0 Å². The van der Waals surface area contributed by atoms with Crippen molar-refractivity contribution < 1.29 is 18.8 Å². The molecule has 1 aliphatic carbocycles. The third kappa shape index (κ3) is 4.73. The maximum absolute atomic E-state index is 13.6. The first-order valence-electron chi connectivity index (χ1n) is 11.1. The van der Waals surface area contributed by atoms with Crippen LogP contribution in [0.4, 0.5) is 9.18 Å². The molecule has 1 aromatic heterocycles. The Kier molecular flexibility index (Phi) is 6.25. The number of urea groups is 1. The highest BCUT2D eigenvalue weighted by molar-refractivity contribution is 6.04. The highest BCUT2D eigenvalue weighted by Gasteiger charge is 2.37. The van der Waals surface area contributed by atoms with Gasteiger partial charge in [0.05, 0.1) is 0 Å². The van der Waals surface area contributed by atoms with Gasteiger partial charge in [0.1, 0.15) is 11.9 Å². The summed E-state index contributed by atoms with van der Waals surface area (Å²) in [5.41, 5.74) is 1.66. The molecule has 1 aliphatic heterocycles. The number of hydrogen-bond donors (Lipinski definition) is 3. The number of rotatable bonds is 7. The molecule has 2 fully saturated rings. The van der Waals surface area contributed by atoms with Gasteiger partial charge in [-0.25, -0.2) is 9.18 Å². The van der Waals surface area contributed by atoms with Crippen molar-refractivity contribution >= 4 is 28.7 Å². The van der Waals surface area contributed by atoms with Crippen LogP contribution in [0.3, 0.4) is 0 Å². The van der Waals surface area contributed by atoms with Crippen molar-refractivity contribution in [3.05, 3.63) is 35.8 Å².